The van der Waals surface area contributed by atoms with Gasteiger partial charge in [0.25, 0.3) is 5.91 Å². The van der Waals surface area contributed by atoms with Crippen LogP contribution in [0.4, 0.5) is 4.79 Å². The lowest BCUT2D eigenvalue weighted by Gasteiger charge is -2.22. The zero-order valence-corrected chi connectivity index (χ0v) is 18.2. The number of urea groups is 1. The maximum absolute atomic E-state index is 12.9. The van der Waals surface area contributed by atoms with E-state index in [1.807, 2.05) is 62.4 Å². The third-order valence-electron chi connectivity index (χ3n) is 5.07. The van der Waals surface area contributed by atoms with Gasteiger partial charge < -0.3 is 10.6 Å². The van der Waals surface area contributed by atoms with Crippen LogP contribution >= 0.6 is 15.9 Å². The molecule has 1 aliphatic heterocycles. The predicted molar refractivity (Wildman–Crippen MR) is 114 cm³/mol. The van der Waals surface area contributed by atoms with Crippen LogP contribution in [-0.2, 0) is 21.5 Å². The van der Waals surface area contributed by atoms with Crippen molar-refractivity contribution in [2.75, 3.05) is 6.54 Å². The number of nitrogens with one attached hydrogen (secondary N) is 2. The first-order chi connectivity index (χ1) is 13.7. The van der Waals surface area contributed by atoms with E-state index in [2.05, 4.69) is 26.6 Å². The molecule has 2 N–H and O–H groups in total. The SMILES string of the molecule is Cc1ccc(C2(C)NC(=O)N(CC(=O)NC(C)Cc3ccc(Br)cc3)C2=O)cc1. The number of carbonyl (C=O) groups excluding carboxylic acids is 3. The summed E-state index contributed by atoms with van der Waals surface area (Å²) in [4.78, 5) is 38.7. The van der Waals surface area contributed by atoms with Crippen molar-refractivity contribution >= 4 is 33.8 Å². The molecule has 1 saturated heterocycles. The highest BCUT2D eigenvalue weighted by Crippen LogP contribution is 2.28. The van der Waals surface area contributed by atoms with Gasteiger partial charge in [0.05, 0.1) is 0 Å². The average Bonchev–Trinajstić information content (AvgIpc) is 2.88. The van der Waals surface area contributed by atoms with Crippen LogP contribution in [0, 0.1) is 6.92 Å². The average molecular weight is 458 g/mol. The maximum atomic E-state index is 12.9. The first kappa shape index (κ1) is 21.0. The van der Waals surface area contributed by atoms with Crippen molar-refractivity contribution in [2.24, 2.45) is 0 Å². The molecule has 2 unspecified atom stereocenters. The zero-order chi connectivity index (χ0) is 21.2. The summed E-state index contributed by atoms with van der Waals surface area (Å²) >= 11 is 3.40. The molecular formula is C22H24BrN3O3. The first-order valence-electron chi connectivity index (χ1n) is 9.44. The van der Waals surface area contributed by atoms with E-state index in [1.54, 1.807) is 6.92 Å². The number of hydrogen-bond donors (Lipinski definition) is 2. The molecule has 2 aromatic rings. The van der Waals surface area contributed by atoms with E-state index < -0.39 is 17.5 Å². The van der Waals surface area contributed by atoms with Gasteiger partial charge in [-0.05, 0) is 50.5 Å². The van der Waals surface area contributed by atoms with Gasteiger partial charge in [0.1, 0.15) is 12.1 Å². The molecule has 0 spiro atoms. The van der Waals surface area contributed by atoms with Gasteiger partial charge in [-0.1, -0.05) is 57.9 Å². The molecule has 3 rings (SSSR count). The lowest BCUT2D eigenvalue weighted by molar-refractivity contribution is -0.135. The van der Waals surface area contributed by atoms with Gasteiger partial charge in [-0.15, -0.1) is 0 Å². The molecule has 0 saturated carbocycles. The van der Waals surface area contributed by atoms with Crippen molar-refractivity contribution in [1.29, 1.82) is 0 Å². The molecule has 6 nitrogen and oxygen atoms in total. The Kier molecular flexibility index (Phi) is 6.07. The smallest absolute Gasteiger partial charge is 0.325 e. The number of imide groups is 1. The van der Waals surface area contributed by atoms with E-state index in [4.69, 9.17) is 0 Å². The molecule has 1 fully saturated rings. The molecule has 0 aliphatic carbocycles. The van der Waals surface area contributed by atoms with Crippen LogP contribution in [0.3, 0.4) is 0 Å². The van der Waals surface area contributed by atoms with Gasteiger partial charge in [0, 0.05) is 10.5 Å². The first-order valence-corrected chi connectivity index (χ1v) is 10.2. The molecular weight excluding hydrogens is 434 g/mol. The van der Waals surface area contributed by atoms with Crippen LogP contribution in [0.2, 0.25) is 0 Å². The monoisotopic (exact) mass is 457 g/mol. The summed E-state index contributed by atoms with van der Waals surface area (Å²) in [6, 6.07) is 14.6. The van der Waals surface area contributed by atoms with Crippen LogP contribution in [0.5, 0.6) is 0 Å². The second-order valence-electron chi connectivity index (χ2n) is 7.61. The third kappa shape index (κ3) is 4.67. The number of hydrogen-bond acceptors (Lipinski definition) is 3. The fourth-order valence-electron chi connectivity index (χ4n) is 3.41. The molecule has 152 valence electrons. The highest BCUT2D eigenvalue weighted by Gasteiger charge is 2.49. The number of amides is 4. The molecule has 0 radical (unpaired) electrons. The lowest BCUT2D eigenvalue weighted by Crippen LogP contribution is -2.45. The van der Waals surface area contributed by atoms with Gasteiger partial charge in [-0.2, -0.15) is 0 Å². The van der Waals surface area contributed by atoms with Crippen molar-refractivity contribution in [3.63, 3.8) is 0 Å². The normalized spacial score (nSPS) is 19.8. The second-order valence-corrected chi connectivity index (χ2v) is 8.53. The number of halogens is 1. The predicted octanol–water partition coefficient (Wildman–Crippen LogP) is 3.27. The van der Waals surface area contributed by atoms with Crippen LogP contribution < -0.4 is 10.6 Å². The van der Waals surface area contributed by atoms with E-state index in [-0.39, 0.29) is 18.5 Å². The summed E-state index contributed by atoms with van der Waals surface area (Å²) in [5.41, 5.74) is 1.66. The molecule has 0 aromatic heterocycles. The molecule has 2 aromatic carbocycles. The molecule has 29 heavy (non-hydrogen) atoms. The number of rotatable bonds is 6. The van der Waals surface area contributed by atoms with Crippen LogP contribution in [0.1, 0.15) is 30.5 Å². The van der Waals surface area contributed by atoms with Crippen molar-refractivity contribution in [1.82, 2.24) is 15.5 Å². The Morgan fingerprint density at radius 1 is 1.14 bits per heavy atom. The van der Waals surface area contributed by atoms with Gasteiger partial charge in [0.2, 0.25) is 5.91 Å². The Labute approximate surface area is 178 Å². The molecule has 4 amide bonds. The highest BCUT2D eigenvalue weighted by atomic mass is 79.9. The van der Waals surface area contributed by atoms with Crippen LogP contribution in [-0.4, -0.2) is 35.3 Å². The minimum absolute atomic E-state index is 0.132. The largest absolute Gasteiger partial charge is 0.352 e. The topological polar surface area (TPSA) is 78.5 Å². The Morgan fingerprint density at radius 3 is 2.38 bits per heavy atom. The minimum atomic E-state index is -1.17. The van der Waals surface area contributed by atoms with Crippen molar-refractivity contribution in [3.8, 4) is 0 Å². The van der Waals surface area contributed by atoms with Gasteiger partial charge in [-0.3, -0.25) is 14.5 Å². The van der Waals surface area contributed by atoms with Crippen LogP contribution in [0.15, 0.2) is 53.0 Å². The molecule has 2 atom stereocenters. The van der Waals surface area contributed by atoms with E-state index >= 15 is 0 Å². The Hall–Kier alpha value is -2.67. The zero-order valence-electron chi connectivity index (χ0n) is 16.7. The van der Waals surface area contributed by atoms with Gasteiger partial charge >= 0.3 is 6.03 Å². The van der Waals surface area contributed by atoms with Crippen LogP contribution in [0.25, 0.3) is 0 Å². The van der Waals surface area contributed by atoms with E-state index in [9.17, 15) is 14.4 Å². The highest BCUT2D eigenvalue weighted by molar-refractivity contribution is 9.10. The maximum Gasteiger partial charge on any atom is 0.325 e. The number of nitrogens with zero attached hydrogens (tertiary/aromatic N) is 1. The standard InChI is InChI=1S/C22H24BrN3O3/c1-14-4-8-17(9-5-14)22(3)20(28)26(21(29)25-22)13-19(27)24-15(2)12-16-6-10-18(23)11-7-16/h4-11,15H,12-13H2,1-3H3,(H,24,27)(H,25,29). The third-order valence-corrected chi connectivity index (χ3v) is 5.60. The Balaban J connectivity index is 1.62. The summed E-state index contributed by atoms with van der Waals surface area (Å²) in [7, 11) is 0. The van der Waals surface area contributed by atoms with E-state index in [0.29, 0.717) is 12.0 Å². The summed E-state index contributed by atoms with van der Waals surface area (Å²) in [5.74, 6) is -0.798. The molecule has 1 aliphatic rings. The second kappa shape index (κ2) is 8.37. The summed E-state index contributed by atoms with van der Waals surface area (Å²) < 4.78 is 0.994. The quantitative estimate of drug-likeness (QED) is 0.653. The molecule has 1 heterocycles. The lowest BCUT2D eigenvalue weighted by atomic mass is 9.91. The fourth-order valence-corrected chi connectivity index (χ4v) is 3.68. The van der Waals surface area contributed by atoms with E-state index in [1.165, 1.54) is 0 Å². The Bertz CT molecular complexity index is 927. The summed E-state index contributed by atoms with van der Waals surface area (Å²) in [6.45, 7) is 5.19. The summed E-state index contributed by atoms with van der Waals surface area (Å²) in [5, 5.41) is 5.58. The van der Waals surface area contributed by atoms with Gasteiger partial charge in [0.15, 0.2) is 0 Å². The molecule has 7 heteroatoms. The van der Waals surface area contributed by atoms with E-state index in [0.717, 1.165) is 20.5 Å². The fraction of sp³-hybridized carbons (Fsp3) is 0.318. The Morgan fingerprint density at radius 2 is 1.76 bits per heavy atom. The minimum Gasteiger partial charge on any atom is -0.352 e. The molecule has 0 bridgehead atoms. The number of carbonyl (C=O) groups is 3. The number of benzene rings is 2. The van der Waals surface area contributed by atoms with Crippen molar-refractivity contribution in [2.45, 2.75) is 38.8 Å². The number of aryl methyl sites for hydroxylation is 1. The van der Waals surface area contributed by atoms with Crippen molar-refractivity contribution < 1.29 is 14.4 Å². The van der Waals surface area contributed by atoms with Crippen molar-refractivity contribution in [3.05, 3.63) is 69.7 Å². The summed E-state index contributed by atoms with van der Waals surface area (Å²) in [6.07, 6.45) is 0.653. The van der Waals surface area contributed by atoms with Gasteiger partial charge in [-0.25, -0.2) is 4.79 Å².